The molecule has 0 unspecified atom stereocenters. The van der Waals surface area contributed by atoms with Crippen molar-refractivity contribution in [2.75, 3.05) is 66.1 Å². The van der Waals surface area contributed by atoms with Crippen molar-refractivity contribution in [2.24, 2.45) is 0 Å². The van der Waals surface area contributed by atoms with Crippen molar-refractivity contribution in [1.29, 1.82) is 0 Å². The maximum atomic E-state index is 5.92. The molecule has 1 rings (SSSR count). The fourth-order valence-electron chi connectivity index (χ4n) is 2.23. The van der Waals surface area contributed by atoms with E-state index in [9.17, 15) is 0 Å². The van der Waals surface area contributed by atoms with E-state index < -0.39 is 8.07 Å². The first-order chi connectivity index (χ1) is 14.5. The third-order valence-electron chi connectivity index (χ3n) is 3.65. The SMILES string of the molecule is CCOCCOCCOc1ccc(C#C[Si](C)(C)C)cc1OCCOCCOCC. The molecule has 6 nitrogen and oxygen atoms in total. The molecule has 0 amide bonds. The van der Waals surface area contributed by atoms with Gasteiger partial charge in [0.1, 0.15) is 21.3 Å². The van der Waals surface area contributed by atoms with Gasteiger partial charge in [0.15, 0.2) is 11.5 Å². The van der Waals surface area contributed by atoms with Gasteiger partial charge in [-0.25, -0.2) is 0 Å². The van der Waals surface area contributed by atoms with Crippen LogP contribution in [-0.4, -0.2) is 74.1 Å². The molecule has 0 heterocycles. The molecule has 0 aliphatic rings. The van der Waals surface area contributed by atoms with Crippen LogP contribution in [0, 0.1) is 11.5 Å². The number of ether oxygens (including phenoxy) is 6. The van der Waals surface area contributed by atoms with Crippen molar-refractivity contribution in [2.45, 2.75) is 33.5 Å². The summed E-state index contributed by atoms with van der Waals surface area (Å²) in [6.45, 7) is 16.1. The largest absolute Gasteiger partial charge is 0.487 e. The Hall–Kier alpha value is -1.56. The minimum Gasteiger partial charge on any atom is -0.487 e. The molecule has 170 valence electrons. The van der Waals surface area contributed by atoms with Gasteiger partial charge in [-0.2, -0.15) is 0 Å². The van der Waals surface area contributed by atoms with Crippen LogP contribution in [0.15, 0.2) is 18.2 Å². The smallest absolute Gasteiger partial charge is 0.162 e. The topological polar surface area (TPSA) is 55.4 Å². The maximum absolute atomic E-state index is 5.92. The minimum absolute atomic E-state index is 0.429. The van der Waals surface area contributed by atoms with Gasteiger partial charge < -0.3 is 28.4 Å². The Kier molecular flexibility index (Phi) is 14.3. The molecule has 0 aromatic heterocycles. The zero-order chi connectivity index (χ0) is 22.1. The van der Waals surface area contributed by atoms with Crippen molar-refractivity contribution in [3.05, 3.63) is 23.8 Å². The molecule has 0 spiro atoms. The summed E-state index contributed by atoms with van der Waals surface area (Å²) in [6, 6.07) is 5.79. The highest BCUT2D eigenvalue weighted by atomic mass is 28.3. The maximum Gasteiger partial charge on any atom is 0.162 e. The van der Waals surface area contributed by atoms with Gasteiger partial charge in [-0.3, -0.25) is 0 Å². The van der Waals surface area contributed by atoms with Crippen LogP contribution in [0.1, 0.15) is 19.4 Å². The Balaban J connectivity index is 2.59. The zero-order valence-electron chi connectivity index (χ0n) is 19.3. The zero-order valence-corrected chi connectivity index (χ0v) is 20.3. The van der Waals surface area contributed by atoms with Gasteiger partial charge in [-0.05, 0) is 32.0 Å². The summed E-state index contributed by atoms with van der Waals surface area (Å²) in [6.07, 6.45) is 0. The summed E-state index contributed by atoms with van der Waals surface area (Å²) >= 11 is 0. The Morgan fingerprint density at radius 3 is 1.70 bits per heavy atom. The highest BCUT2D eigenvalue weighted by molar-refractivity contribution is 6.83. The molecule has 30 heavy (non-hydrogen) atoms. The van der Waals surface area contributed by atoms with Gasteiger partial charge in [0.2, 0.25) is 0 Å². The quantitative estimate of drug-likeness (QED) is 0.222. The molecule has 0 saturated heterocycles. The summed E-state index contributed by atoms with van der Waals surface area (Å²) in [5, 5.41) is 0. The van der Waals surface area contributed by atoms with Crippen LogP contribution in [-0.2, 0) is 18.9 Å². The van der Waals surface area contributed by atoms with Crippen LogP contribution >= 0.6 is 0 Å². The van der Waals surface area contributed by atoms with E-state index in [1.165, 1.54) is 0 Å². The molecule has 0 aliphatic heterocycles. The van der Waals surface area contributed by atoms with Crippen LogP contribution in [0.4, 0.5) is 0 Å². The summed E-state index contributed by atoms with van der Waals surface area (Å²) < 4.78 is 33.3. The predicted octanol–water partition coefficient (Wildman–Crippen LogP) is 3.78. The molecule has 0 saturated carbocycles. The molecule has 0 bridgehead atoms. The van der Waals surface area contributed by atoms with Crippen molar-refractivity contribution >= 4 is 8.07 Å². The Morgan fingerprint density at radius 1 is 0.667 bits per heavy atom. The minimum atomic E-state index is -1.45. The number of rotatable bonds is 16. The Labute approximate surface area is 183 Å². The van der Waals surface area contributed by atoms with E-state index in [0.29, 0.717) is 77.6 Å². The van der Waals surface area contributed by atoms with E-state index in [-0.39, 0.29) is 0 Å². The van der Waals surface area contributed by atoms with Gasteiger partial charge in [0.05, 0.1) is 39.6 Å². The highest BCUT2D eigenvalue weighted by Gasteiger charge is 2.09. The lowest BCUT2D eigenvalue weighted by Crippen LogP contribution is -2.16. The molecular formula is C23H38O6Si. The fraction of sp³-hybridized carbons (Fsp3) is 0.652. The molecule has 0 N–H and O–H groups in total. The van der Waals surface area contributed by atoms with Gasteiger partial charge in [-0.15, -0.1) is 5.54 Å². The van der Waals surface area contributed by atoms with E-state index >= 15 is 0 Å². The van der Waals surface area contributed by atoms with Gasteiger partial charge >= 0.3 is 0 Å². The normalized spacial score (nSPS) is 11.1. The van der Waals surface area contributed by atoms with Gasteiger partial charge in [0.25, 0.3) is 0 Å². The fourth-order valence-corrected chi connectivity index (χ4v) is 2.75. The van der Waals surface area contributed by atoms with Crippen LogP contribution < -0.4 is 9.47 Å². The highest BCUT2D eigenvalue weighted by Crippen LogP contribution is 2.28. The van der Waals surface area contributed by atoms with E-state index in [2.05, 4.69) is 31.1 Å². The van der Waals surface area contributed by atoms with E-state index in [0.717, 1.165) is 5.56 Å². The summed E-state index contributed by atoms with van der Waals surface area (Å²) in [4.78, 5) is 0. The summed E-state index contributed by atoms with van der Waals surface area (Å²) in [5.41, 5.74) is 4.30. The van der Waals surface area contributed by atoms with Crippen LogP contribution in [0.25, 0.3) is 0 Å². The Morgan fingerprint density at radius 2 is 1.17 bits per heavy atom. The van der Waals surface area contributed by atoms with Crippen molar-refractivity contribution in [1.82, 2.24) is 0 Å². The molecule has 1 aromatic carbocycles. The third-order valence-corrected chi connectivity index (χ3v) is 4.52. The lowest BCUT2D eigenvalue weighted by atomic mass is 10.2. The number of benzene rings is 1. The first-order valence-electron chi connectivity index (χ1n) is 10.7. The molecule has 0 radical (unpaired) electrons. The molecule has 0 atom stereocenters. The third kappa shape index (κ3) is 13.6. The molecule has 0 fully saturated rings. The number of hydrogen-bond acceptors (Lipinski definition) is 6. The van der Waals surface area contributed by atoms with E-state index in [1.54, 1.807) is 0 Å². The second-order valence-corrected chi connectivity index (χ2v) is 12.2. The lowest BCUT2D eigenvalue weighted by Gasteiger charge is -2.14. The van der Waals surface area contributed by atoms with Crippen LogP contribution in [0.2, 0.25) is 19.6 Å². The lowest BCUT2D eigenvalue weighted by molar-refractivity contribution is 0.0369. The molecule has 7 heteroatoms. The molecule has 1 aromatic rings. The summed E-state index contributed by atoms with van der Waals surface area (Å²) in [5.74, 6) is 4.61. The second kappa shape index (κ2) is 16.2. The van der Waals surface area contributed by atoms with Crippen molar-refractivity contribution in [3.63, 3.8) is 0 Å². The summed E-state index contributed by atoms with van der Waals surface area (Å²) in [7, 11) is -1.45. The van der Waals surface area contributed by atoms with E-state index in [1.807, 2.05) is 32.0 Å². The van der Waals surface area contributed by atoms with Crippen molar-refractivity contribution in [3.8, 4) is 23.0 Å². The van der Waals surface area contributed by atoms with Gasteiger partial charge in [-0.1, -0.05) is 25.6 Å². The molecular weight excluding hydrogens is 400 g/mol. The first kappa shape index (κ1) is 26.5. The van der Waals surface area contributed by atoms with Crippen LogP contribution in [0.3, 0.4) is 0 Å². The second-order valence-electron chi connectivity index (χ2n) is 7.48. The first-order valence-corrected chi connectivity index (χ1v) is 14.2. The van der Waals surface area contributed by atoms with Crippen molar-refractivity contribution < 1.29 is 28.4 Å². The average molecular weight is 439 g/mol. The number of hydrogen-bond donors (Lipinski definition) is 0. The molecule has 0 aliphatic carbocycles. The van der Waals surface area contributed by atoms with Crippen LogP contribution in [0.5, 0.6) is 11.5 Å². The average Bonchev–Trinajstić information content (AvgIpc) is 2.71. The standard InChI is InChI=1S/C23H38O6Si/c1-6-24-11-13-26-15-17-28-22-9-8-21(10-19-30(3,4)5)20-23(22)29-18-16-27-14-12-25-7-2/h8-9,20H,6-7,11-18H2,1-5H3. The Bertz CT molecular complexity index is 633. The van der Waals surface area contributed by atoms with E-state index in [4.69, 9.17) is 28.4 Å². The van der Waals surface area contributed by atoms with Gasteiger partial charge in [0, 0.05) is 18.8 Å². The predicted molar refractivity (Wildman–Crippen MR) is 122 cm³/mol. The monoisotopic (exact) mass is 438 g/mol.